The Balaban J connectivity index is 1.80. The number of carbonyl (C=O) groups excluding carboxylic acids is 1. The van der Waals surface area contributed by atoms with Crippen LogP contribution in [-0.4, -0.2) is 36.5 Å². The molecular weight excluding hydrogens is 278 g/mol. The Hall–Kier alpha value is -1.69. The first-order chi connectivity index (χ1) is 10.1. The number of rotatable bonds is 6. The summed E-state index contributed by atoms with van der Waals surface area (Å²) in [5.41, 5.74) is 0.915. The van der Waals surface area contributed by atoms with Gasteiger partial charge in [0.25, 0.3) is 0 Å². The van der Waals surface area contributed by atoms with E-state index >= 15 is 0 Å². The Bertz CT molecular complexity index is 459. The lowest BCUT2D eigenvalue weighted by Crippen LogP contribution is -2.43. The summed E-state index contributed by atoms with van der Waals surface area (Å²) in [6.45, 7) is 1.21. The Morgan fingerprint density at radius 1 is 1.29 bits per heavy atom. The maximum atomic E-state index is 12.1. The number of nitrogens with zero attached hydrogens (tertiary/aromatic N) is 1. The molecule has 6 heteroatoms. The molecule has 1 atom stereocenters. The van der Waals surface area contributed by atoms with Crippen LogP contribution in [-0.2, 0) is 11.3 Å². The maximum Gasteiger partial charge on any atom is 0.387 e. The highest BCUT2D eigenvalue weighted by Gasteiger charge is 2.22. The molecular formula is C15H20F2N2O2. The number of nitrogens with one attached hydrogen (secondary N) is 1. The standard InChI is InChI=1S/C15H20F2N2O2/c1-11(14(20)19-8-2-3-9-19)18-10-12-4-6-13(7-5-12)21-15(16)17/h4-7,11,15,18H,2-3,8-10H2,1H3. The lowest BCUT2D eigenvalue weighted by Gasteiger charge is -2.21. The number of ether oxygens (including phenoxy) is 1. The third-order valence-corrected chi connectivity index (χ3v) is 3.55. The fraction of sp³-hybridized carbons (Fsp3) is 0.533. The monoisotopic (exact) mass is 298 g/mol. The van der Waals surface area contributed by atoms with E-state index in [2.05, 4.69) is 10.1 Å². The average molecular weight is 298 g/mol. The summed E-state index contributed by atoms with van der Waals surface area (Å²) in [4.78, 5) is 14.0. The van der Waals surface area contributed by atoms with Crippen LogP contribution < -0.4 is 10.1 Å². The van der Waals surface area contributed by atoms with E-state index < -0.39 is 6.61 Å². The zero-order valence-electron chi connectivity index (χ0n) is 12.0. The lowest BCUT2D eigenvalue weighted by molar-refractivity contribution is -0.132. The average Bonchev–Trinajstić information content (AvgIpc) is 2.99. The molecule has 1 amide bonds. The van der Waals surface area contributed by atoms with Crippen molar-refractivity contribution in [2.75, 3.05) is 13.1 Å². The highest BCUT2D eigenvalue weighted by molar-refractivity contribution is 5.81. The Labute approximate surface area is 123 Å². The van der Waals surface area contributed by atoms with Crippen LogP contribution in [0.4, 0.5) is 8.78 Å². The van der Waals surface area contributed by atoms with Crippen LogP contribution in [0.25, 0.3) is 0 Å². The first kappa shape index (κ1) is 15.7. The van der Waals surface area contributed by atoms with Crippen LogP contribution in [0.1, 0.15) is 25.3 Å². The summed E-state index contributed by atoms with van der Waals surface area (Å²) in [6, 6.07) is 6.15. The summed E-state index contributed by atoms with van der Waals surface area (Å²) in [7, 11) is 0. The molecule has 4 nitrogen and oxygen atoms in total. The number of carbonyl (C=O) groups is 1. The number of alkyl halides is 2. The number of hydrogen-bond donors (Lipinski definition) is 1. The van der Waals surface area contributed by atoms with Gasteiger partial charge in [-0.25, -0.2) is 0 Å². The van der Waals surface area contributed by atoms with E-state index in [-0.39, 0.29) is 17.7 Å². The molecule has 1 aliphatic heterocycles. The van der Waals surface area contributed by atoms with E-state index in [1.807, 2.05) is 11.8 Å². The van der Waals surface area contributed by atoms with E-state index in [1.165, 1.54) is 12.1 Å². The van der Waals surface area contributed by atoms with Crippen molar-refractivity contribution in [2.45, 2.75) is 39.0 Å². The van der Waals surface area contributed by atoms with Gasteiger partial charge >= 0.3 is 6.61 Å². The topological polar surface area (TPSA) is 41.6 Å². The molecule has 1 N–H and O–H groups in total. The maximum absolute atomic E-state index is 12.1. The van der Waals surface area contributed by atoms with Crippen molar-refractivity contribution in [3.8, 4) is 5.75 Å². The zero-order valence-corrected chi connectivity index (χ0v) is 12.0. The molecule has 1 fully saturated rings. The Kier molecular flexibility index (Phi) is 5.50. The predicted molar refractivity (Wildman–Crippen MR) is 75.2 cm³/mol. The van der Waals surface area contributed by atoms with Crippen molar-refractivity contribution in [3.05, 3.63) is 29.8 Å². The van der Waals surface area contributed by atoms with Gasteiger partial charge in [-0.15, -0.1) is 0 Å². The van der Waals surface area contributed by atoms with Crippen molar-refractivity contribution in [2.24, 2.45) is 0 Å². The number of likely N-dealkylation sites (tertiary alicyclic amines) is 1. The van der Waals surface area contributed by atoms with E-state index in [9.17, 15) is 13.6 Å². The van der Waals surface area contributed by atoms with Gasteiger partial charge < -0.3 is 15.0 Å². The minimum absolute atomic E-state index is 0.116. The van der Waals surface area contributed by atoms with Crippen molar-refractivity contribution in [1.29, 1.82) is 0 Å². The van der Waals surface area contributed by atoms with Crippen LogP contribution in [0, 0.1) is 0 Å². The van der Waals surface area contributed by atoms with Gasteiger partial charge in [0.2, 0.25) is 5.91 Å². The number of benzene rings is 1. The smallest absolute Gasteiger partial charge is 0.387 e. The van der Waals surface area contributed by atoms with Crippen LogP contribution >= 0.6 is 0 Å². The zero-order chi connectivity index (χ0) is 15.2. The minimum atomic E-state index is -2.81. The fourth-order valence-corrected chi connectivity index (χ4v) is 2.36. The van der Waals surface area contributed by atoms with Gasteiger partial charge in [0, 0.05) is 19.6 Å². The highest BCUT2D eigenvalue weighted by Crippen LogP contribution is 2.15. The van der Waals surface area contributed by atoms with Crippen molar-refractivity contribution >= 4 is 5.91 Å². The summed E-state index contributed by atoms with van der Waals surface area (Å²) < 4.78 is 28.4. The first-order valence-corrected chi connectivity index (χ1v) is 7.12. The van der Waals surface area contributed by atoms with Crippen LogP contribution in [0.3, 0.4) is 0 Å². The van der Waals surface area contributed by atoms with E-state index in [0.717, 1.165) is 31.5 Å². The molecule has 116 valence electrons. The quantitative estimate of drug-likeness (QED) is 0.877. The number of amides is 1. The van der Waals surface area contributed by atoms with Crippen LogP contribution in [0.5, 0.6) is 5.75 Å². The molecule has 2 rings (SSSR count). The number of halogens is 2. The predicted octanol–water partition coefficient (Wildman–Crippen LogP) is 2.39. The van der Waals surface area contributed by atoms with Crippen molar-refractivity contribution in [1.82, 2.24) is 10.2 Å². The minimum Gasteiger partial charge on any atom is -0.435 e. The largest absolute Gasteiger partial charge is 0.435 e. The molecule has 1 aliphatic rings. The second kappa shape index (κ2) is 7.36. The molecule has 0 aliphatic carbocycles. The highest BCUT2D eigenvalue weighted by atomic mass is 19.3. The van der Waals surface area contributed by atoms with E-state index in [4.69, 9.17) is 0 Å². The van der Waals surface area contributed by atoms with Gasteiger partial charge in [0.1, 0.15) is 5.75 Å². The van der Waals surface area contributed by atoms with Gasteiger partial charge in [-0.2, -0.15) is 8.78 Å². The van der Waals surface area contributed by atoms with E-state index in [1.54, 1.807) is 12.1 Å². The molecule has 1 heterocycles. The van der Waals surface area contributed by atoms with Crippen LogP contribution in [0.15, 0.2) is 24.3 Å². The molecule has 0 spiro atoms. The molecule has 0 saturated carbocycles. The molecule has 1 aromatic rings. The third-order valence-electron chi connectivity index (χ3n) is 3.55. The molecule has 1 unspecified atom stereocenters. The number of hydrogen-bond acceptors (Lipinski definition) is 3. The fourth-order valence-electron chi connectivity index (χ4n) is 2.36. The molecule has 1 aromatic carbocycles. The summed E-state index contributed by atoms with van der Waals surface area (Å²) >= 11 is 0. The molecule has 0 bridgehead atoms. The lowest BCUT2D eigenvalue weighted by atomic mass is 10.2. The first-order valence-electron chi connectivity index (χ1n) is 7.12. The van der Waals surface area contributed by atoms with Gasteiger partial charge in [0.15, 0.2) is 0 Å². The van der Waals surface area contributed by atoms with Crippen molar-refractivity contribution in [3.63, 3.8) is 0 Å². The normalized spacial score (nSPS) is 16.3. The van der Waals surface area contributed by atoms with Gasteiger partial charge in [-0.1, -0.05) is 12.1 Å². The van der Waals surface area contributed by atoms with Crippen LogP contribution in [0.2, 0.25) is 0 Å². The van der Waals surface area contributed by atoms with Crippen molar-refractivity contribution < 1.29 is 18.3 Å². The molecule has 0 radical (unpaired) electrons. The summed E-state index contributed by atoms with van der Waals surface area (Å²) in [5, 5.41) is 3.16. The Morgan fingerprint density at radius 2 is 1.90 bits per heavy atom. The second-order valence-corrected chi connectivity index (χ2v) is 5.16. The Morgan fingerprint density at radius 3 is 2.48 bits per heavy atom. The van der Waals surface area contributed by atoms with Gasteiger partial charge in [-0.05, 0) is 37.5 Å². The summed E-state index contributed by atoms with van der Waals surface area (Å²) in [5.74, 6) is 0.250. The second-order valence-electron chi connectivity index (χ2n) is 5.16. The van der Waals surface area contributed by atoms with Gasteiger partial charge in [-0.3, -0.25) is 4.79 Å². The third kappa shape index (κ3) is 4.67. The van der Waals surface area contributed by atoms with E-state index in [0.29, 0.717) is 6.54 Å². The molecule has 0 aromatic heterocycles. The summed E-state index contributed by atoms with van der Waals surface area (Å²) in [6.07, 6.45) is 2.15. The van der Waals surface area contributed by atoms with Gasteiger partial charge in [0.05, 0.1) is 6.04 Å². The SMILES string of the molecule is CC(NCc1ccc(OC(F)F)cc1)C(=O)N1CCCC1. The molecule has 21 heavy (non-hydrogen) atoms. The molecule has 1 saturated heterocycles.